The van der Waals surface area contributed by atoms with E-state index in [0.717, 1.165) is 39.1 Å². The number of nitrogens with zero attached hydrogens (tertiary/aromatic N) is 2. The van der Waals surface area contributed by atoms with Crippen molar-refractivity contribution in [1.29, 1.82) is 0 Å². The SMILES string of the molecule is CC(C)(Oc1cc(OC(C)(C)c2ccc(-c3ccccn3)cc2)cc(B2OC(C)(C)C(C)(C)O2)c1)c1ccc(-c2ccccn2)cc1. The molecular weight excluding hydrogens is 583 g/mol. The molecule has 7 heteroatoms. The van der Waals surface area contributed by atoms with E-state index >= 15 is 0 Å². The van der Waals surface area contributed by atoms with E-state index in [0.29, 0.717) is 11.5 Å². The van der Waals surface area contributed by atoms with Crippen LogP contribution in [0, 0.1) is 0 Å². The molecule has 1 aliphatic heterocycles. The van der Waals surface area contributed by atoms with Gasteiger partial charge in [0.25, 0.3) is 0 Å². The summed E-state index contributed by atoms with van der Waals surface area (Å²) in [5, 5.41) is 0. The highest BCUT2D eigenvalue weighted by atomic mass is 16.7. The number of aromatic nitrogens is 2. The molecule has 6 rings (SSSR count). The van der Waals surface area contributed by atoms with Gasteiger partial charge in [-0.2, -0.15) is 0 Å². The summed E-state index contributed by atoms with van der Waals surface area (Å²) in [4.78, 5) is 8.97. The second-order valence-electron chi connectivity index (χ2n) is 14.1. The lowest BCUT2D eigenvalue weighted by atomic mass is 9.79. The third-order valence-electron chi connectivity index (χ3n) is 9.26. The minimum Gasteiger partial charge on any atom is -0.483 e. The maximum absolute atomic E-state index is 6.75. The first-order chi connectivity index (χ1) is 22.2. The van der Waals surface area contributed by atoms with E-state index in [4.69, 9.17) is 18.8 Å². The summed E-state index contributed by atoms with van der Waals surface area (Å²) in [7, 11) is -0.576. The summed E-state index contributed by atoms with van der Waals surface area (Å²) in [6.07, 6.45) is 3.61. The molecule has 0 spiro atoms. The van der Waals surface area contributed by atoms with E-state index in [1.807, 2.05) is 67.0 Å². The second-order valence-corrected chi connectivity index (χ2v) is 14.1. The minimum atomic E-state index is -0.648. The van der Waals surface area contributed by atoms with Crippen molar-refractivity contribution in [2.45, 2.75) is 77.8 Å². The third-order valence-corrected chi connectivity index (χ3v) is 9.26. The van der Waals surface area contributed by atoms with Crippen molar-refractivity contribution in [2.24, 2.45) is 0 Å². The summed E-state index contributed by atoms with van der Waals surface area (Å²) < 4.78 is 26.4. The van der Waals surface area contributed by atoms with Gasteiger partial charge in [0.1, 0.15) is 22.7 Å². The number of hydrogen-bond acceptors (Lipinski definition) is 6. The predicted octanol–water partition coefficient (Wildman–Crippen LogP) is 8.74. The van der Waals surface area contributed by atoms with Crippen LogP contribution in [-0.2, 0) is 20.5 Å². The smallest absolute Gasteiger partial charge is 0.483 e. The molecule has 3 heterocycles. The van der Waals surface area contributed by atoms with Crippen molar-refractivity contribution in [3.63, 3.8) is 0 Å². The van der Waals surface area contributed by atoms with Crippen LogP contribution in [0.1, 0.15) is 66.5 Å². The Morgan fingerprint density at radius 1 is 0.553 bits per heavy atom. The summed E-state index contributed by atoms with van der Waals surface area (Å²) in [6.45, 7) is 16.5. The van der Waals surface area contributed by atoms with E-state index < -0.39 is 29.5 Å². The molecule has 1 fully saturated rings. The fourth-order valence-electron chi connectivity index (χ4n) is 5.69. The molecule has 0 saturated carbocycles. The Labute approximate surface area is 279 Å². The zero-order valence-electron chi connectivity index (χ0n) is 28.6. The minimum absolute atomic E-state index is 0.487. The molecule has 1 saturated heterocycles. The fourth-order valence-corrected chi connectivity index (χ4v) is 5.69. The largest absolute Gasteiger partial charge is 0.495 e. The summed E-state index contributed by atoms with van der Waals surface area (Å²) in [6, 6.07) is 34.5. The molecule has 3 aromatic carbocycles. The van der Waals surface area contributed by atoms with Crippen molar-refractivity contribution in [1.82, 2.24) is 9.97 Å². The van der Waals surface area contributed by atoms with Gasteiger partial charge in [-0.25, -0.2) is 0 Å². The average Bonchev–Trinajstić information content (AvgIpc) is 3.27. The monoisotopic (exact) mass is 626 g/mol. The van der Waals surface area contributed by atoms with Crippen molar-refractivity contribution in [2.75, 3.05) is 0 Å². The molecule has 0 aliphatic carbocycles. The molecule has 0 N–H and O–H groups in total. The lowest BCUT2D eigenvalue weighted by molar-refractivity contribution is 0.00578. The van der Waals surface area contributed by atoms with Crippen LogP contribution in [0.4, 0.5) is 0 Å². The van der Waals surface area contributed by atoms with E-state index in [-0.39, 0.29) is 0 Å². The number of pyridine rings is 2. The van der Waals surface area contributed by atoms with Gasteiger partial charge in [0.2, 0.25) is 0 Å². The van der Waals surface area contributed by atoms with Crippen LogP contribution in [0.5, 0.6) is 11.5 Å². The van der Waals surface area contributed by atoms with Crippen molar-refractivity contribution < 1.29 is 18.8 Å². The molecule has 1 aliphatic rings. The fraction of sp³-hybridized carbons (Fsp3) is 0.300. The normalized spacial score (nSPS) is 15.8. The molecular formula is C40H43BN2O4. The maximum Gasteiger partial charge on any atom is 0.495 e. The molecule has 0 bridgehead atoms. The molecule has 0 radical (unpaired) electrons. The van der Waals surface area contributed by atoms with Gasteiger partial charge >= 0.3 is 7.12 Å². The molecule has 240 valence electrons. The standard InChI is InChI=1S/C40H43BN2O4/c1-37(2,30-19-15-28(16-20-30)35-13-9-11-23-42-35)44-33-25-32(41-46-39(5,6)40(7,8)47-41)26-34(27-33)45-38(3,4)31-21-17-29(18-22-31)36-14-10-12-24-43-36/h9-27H,1-8H3. The molecule has 5 aromatic rings. The second kappa shape index (κ2) is 12.3. The van der Waals surface area contributed by atoms with Crippen molar-refractivity contribution >= 4 is 12.6 Å². The first kappa shape index (κ1) is 32.5. The average molecular weight is 627 g/mol. The molecule has 6 nitrogen and oxygen atoms in total. The van der Waals surface area contributed by atoms with Crippen LogP contribution in [0.15, 0.2) is 116 Å². The van der Waals surface area contributed by atoms with Gasteiger partial charge in [0.05, 0.1) is 22.6 Å². The number of benzene rings is 3. The molecule has 0 atom stereocenters. The van der Waals surface area contributed by atoms with Crippen molar-refractivity contribution in [3.8, 4) is 34.0 Å². The third kappa shape index (κ3) is 6.97. The van der Waals surface area contributed by atoms with Gasteiger partial charge in [-0.1, -0.05) is 60.7 Å². The Morgan fingerprint density at radius 3 is 1.32 bits per heavy atom. The Balaban J connectivity index is 1.30. The molecule has 0 amide bonds. The molecule has 0 unspecified atom stereocenters. The van der Waals surface area contributed by atoms with E-state index in [9.17, 15) is 0 Å². The highest BCUT2D eigenvalue weighted by molar-refractivity contribution is 6.62. The lowest BCUT2D eigenvalue weighted by Gasteiger charge is -2.32. The quantitative estimate of drug-likeness (QED) is 0.153. The van der Waals surface area contributed by atoms with Gasteiger partial charge in [0.15, 0.2) is 0 Å². The van der Waals surface area contributed by atoms with Crippen LogP contribution in [-0.4, -0.2) is 28.3 Å². The van der Waals surface area contributed by atoms with Gasteiger partial charge in [-0.15, -0.1) is 0 Å². The summed E-state index contributed by atoms with van der Waals surface area (Å²) >= 11 is 0. The summed E-state index contributed by atoms with van der Waals surface area (Å²) in [5.41, 5.74) is 4.61. The number of ether oxygens (including phenoxy) is 2. The van der Waals surface area contributed by atoms with E-state index in [2.05, 4.69) is 114 Å². The Bertz CT molecular complexity index is 1690. The molecule has 47 heavy (non-hydrogen) atoms. The van der Waals surface area contributed by atoms with Crippen LogP contribution >= 0.6 is 0 Å². The van der Waals surface area contributed by atoms with Crippen LogP contribution in [0.3, 0.4) is 0 Å². The highest BCUT2D eigenvalue weighted by Gasteiger charge is 2.52. The first-order valence-corrected chi connectivity index (χ1v) is 16.2. The van der Waals surface area contributed by atoms with E-state index in [1.54, 1.807) is 0 Å². The van der Waals surface area contributed by atoms with Crippen LogP contribution in [0.2, 0.25) is 0 Å². The van der Waals surface area contributed by atoms with Crippen LogP contribution < -0.4 is 14.9 Å². The summed E-state index contributed by atoms with van der Waals surface area (Å²) in [5.74, 6) is 1.32. The molecule has 2 aromatic heterocycles. The Hall–Kier alpha value is -4.46. The van der Waals surface area contributed by atoms with Gasteiger partial charge < -0.3 is 18.8 Å². The topological polar surface area (TPSA) is 62.7 Å². The number of rotatable bonds is 9. The van der Waals surface area contributed by atoms with Crippen molar-refractivity contribution in [3.05, 3.63) is 127 Å². The van der Waals surface area contributed by atoms with Gasteiger partial charge in [0, 0.05) is 29.6 Å². The van der Waals surface area contributed by atoms with Gasteiger partial charge in [-0.3, -0.25) is 9.97 Å². The zero-order chi connectivity index (χ0) is 33.5. The van der Waals surface area contributed by atoms with Crippen LogP contribution in [0.25, 0.3) is 22.5 Å². The maximum atomic E-state index is 6.75. The van der Waals surface area contributed by atoms with E-state index in [1.165, 1.54) is 0 Å². The Morgan fingerprint density at radius 2 is 0.957 bits per heavy atom. The Kier molecular flexibility index (Phi) is 8.49. The zero-order valence-corrected chi connectivity index (χ0v) is 28.6. The first-order valence-electron chi connectivity index (χ1n) is 16.2. The highest BCUT2D eigenvalue weighted by Crippen LogP contribution is 2.39. The predicted molar refractivity (Wildman–Crippen MR) is 189 cm³/mol. The number of hydrogen-bond donors (Lipinski definition) is 0. The van der Waals surface area contributed by atoms with Gasteiger partial charge in [-0.05, 0) is 108 Å². The lowest BCUT2D eigenvalue weighted by Crippen LogP contribution is -2.41.